The van der Waals surface area contributed by atoms with E-state index in [2.05, 4.69) is 17.1 Å². The number of carbonyl (C=O) groups excluding carboxylic acids is 3. The van der Waals surface area contributed by atoms with Crippen LogP contribution < -0.4 is 5.32 Å². The van der Waals surface area contributed by atoms with Crippen LogP contribution in [0.15, 0.2) is 0 Å². The third-order valence-electron chi connectivity index (χ3n) is 8.54. The molecule has 0 bridgehead atoms. The summed E-state index contributed by atoms with van der Waals surface area (Å²) < 4.78 is 0. The zero-order valence-electron chi connectivity index (χ0n) is 28.8. The summed E-state index contributed by atoms with van der Waals surface area (Å²) in [6.45, 7) is 11.0. The van der Waals surface area contributed by atoms with Gasteiger partial charge in [-0.2, -0.15) is 0 Å². The smallest absolute Gasteiger partial charge is 0.317 e. The fraction of sp³-hybridized carbons (Fsp3) is 0.844. The van der Waals surface area contributed by atoms with Crippen LogP contribution in [0.5, 0.6) is 0 Å². The van der Waals surface area contributed by atoms with E-state index in [0.29, 0.717) is 65.3 Å². The van der Waals surface area contributed by atoms with Crippen LogP contribution >= 0.6 is 0 Å². The highest BCUT2D eigenvalue weighted by molar-refractivity contribution is 5.78. The lowest BCUT2D eigenvalue weighted by molar-refractivity contribution is -0.139. The Hall–Kier alpha value is -2.69. The number of hydrogen-bond acceptors (Lipinski definition) is 11. The molecule has 2 heterocycles. The number of rotatable bonds is 18. The molecule has 15 nitrogen and oxygen atoms in total. The van der Waals surface area contributed by atoms with Gasteiger partial charge in [-0.25, -0.2) is 0 Å². The number of carboxylic acids is 2. The van der Waals surface area contributed by atoms with Crippen LogP contribution in [0.3, 0.4) is 0 Å². The molecule has 15 heteroatoms. The summed E-state index contributed by atoms with van der Waals surface area (Å²) in [4.78, 5) is 71.3. The number of aliphatic hydroxyl groups excluding tert-OH is 1. The normalized spacial score (nSPS) is 18.3. The van der Waals surface area contributed by atoms with Gasteiger partial charge in [-0.15, -0.1) is 0 Å². The van der Waals surface area contributed by atoms with Crippen LogP contribution in [0, 0.1) is 0 Å². The van der Waals surface area contributed by atoms with Crippen molar-refractivity contribution in [1.82, 2.24) is 34.7 Å². The monoisotopic (exact) mass is 671 g/mol. The Bertz CT molecular complexity index is 873. The summed E-state index contributed by atoms with van der Waals surface area (Å²) in [6, 6.07) is 0. The number of aliphatic hydroxyl groups is 1. The SMILES string of the molecule is CCCCCN1CCN(C(=O)CCCCCNC(=O)CN2CCN(CC(=O)O)CCN(CC=O)CCN(CC(=O)O)CC2)CC1.CO. The highest BCUT2D eigenvalue weighted by Crippen LogP contribution is 2.09. The van der Waals surface area contributed by atoms with Crippen molar-refractivity contribution in [3.63, 3.8) is 0 Å². The van der Waals surface area contributed by atoms with Gasteiger partial charge in [0.05, 0.1) is 26.2 Å². The predicted molar refractivity (Wildman–Crippen MR) is 179 cm³/mol. The number of unbranched alkanes of at least 4 members (excludes halogenated alkanes) is 4. The van der Waals surface area contributed by atoms with Gasteiger partial charge in [-0.05, 0) is 25.8 Å². The molecule has 47 heavy (non-hydrogen) atoms. The number of nitrogens with zero attached hydrogens (tertiary/aromatic N) is 6. The Morgan fingerprint density at radius 1 is 0.617 bits per heavy atom. The van der Waals surface area contributed by atoms with Crippen LogP contribution in [0.1, 0.15) is 51.9 Å². The average Bonchev–Trinajstić information content (AvgIpc) is 3.04. The second-order valence-corrected chi connectivity index (χ2v) is 12.2. The molecular weight excluding hydrogens is 610 g/mol. The standard InChI is InChI=1S/C31H57N7O7.CH4O/c1-2-3-7-10-33-19-21-38(22-20-33)29(41)8-5-4-6-9-32-28(40)25-35-15-17-36(26-30(42)43)13-11-34(23-24-39)12-14-37(18-16-35)27-31(44)45;1-2/h24H,2-23,25-27H2,1H3,(H,32,40)(H,42,43)(H,44,45);2H,1H3. The first-order valence-electron chi connectivity index (χ1n) is 17.2. The number of aldehydes is 1. The quantitative estimate of drug-likeness (QED) is 0.105. The van der Waals surface area contributed by atoms with E-state index in [1.807, 2.05) is 14.7 Å². The zero-order valence-corrected chi connectivity index (χ0v) is 28.8. The number of carboxylic acid groups (broad SMARTS) is 2. The Morgan fingerprint density at radius 3 is 1.60 bits per heavy atom. The fourth-order valence-corrected chi connectivity index (χ4v) is 5.75. The van der Waals surface area contributed by atoms with Crippen LogP contribution in [0.2, 0.25) is 0 Å². The van der Waals surface area contributed by atoms with Gasteiger partial charge >= 0.3 is 11.9 Å². The van der Waals surface area contributed by atoms with Crippen LogP contribution in [-0.2, 0) is 24.0 Å². The maximum atomic E-state index is 12.8. The molecule has 0 saturated carbocycles. The van der Waals surface area contributed by atoms with Crippen molar-refractivity contribution in [3.05, 3.63) is 0 Å². The summed E-state index contributed by atoms with van der Waals surface area (Å²) in [5.41, 5.74) is 0. The number of aliphatic carboxylic acids is 2. The lowest BCUT2D eigenvalue weighted by Gasteiger charge is -2.34. The van der Waals surface area contributed by atoms with Crippen molar-refractivity contribution in [3.8, 4) is 0 Å². The maximum Gasteiger partial charge on any atom is 0.317 e. The molecule has 272 valence electrons. The molecule has 0 aromatic rings. The number of amides is 2. The Labute approximate surface area is 280 Å². The Morgan fingerprint density at radius 2 is 1.11 bits per heavy atom. The lowest BCUT2D eigenvalue weighted by Crippen LogP contribution is -2.49. The minimum absolute atomic E-state index is 0.127. The van der Waals surface area contributed by atoms with E-state index in [4.69, 9.17) is 5.11 Å². The number of piperazine rings is 1. The van der Waals surface area contributed by atoms with Crippen LogP contribution in [-0.4, -0.2) is 200 Å². The van der Waals surface area contributed by atoms with Gasteiger partial charge < -0.3 is 30.3 Å². The molecule has 0 aliphatic carbocycles. The average molecular weight is 672 g/mol. The van der Waals surface area contributed by atoms with Crippen molar-refractivity contribution in [1.29, 1.82) is 0 Å². The summed E-state index contributed by atoms with van der Waals surface area (Å²) in [5, 5.41) is 28.7. The van der Waals surface area contributed by atoms with Gasteiger partial charge in [0, 0.05) is 98.6 Å². The van der Waals surface area contributed by atoms with Gasteiger partial charge in [0.2, 0.25) is 11.8 Å². The molecule has 0 radical (unpaired) electrons. The first-order chi connectivity index (χ1) is 22.7. The zero-order chi connectivity index (χ0) is 34.9. The van der Waals surface area contributed by atoms with Crippen molar-refractivity contribution in [2.45, 2.75) is 51.9 Å². The first kappa shape index (κ1) is 42.3. The number of hydrogen-bond donors (Lipinski definition) is 4. The Balaban J connectivity index is 0.00000541. The van der Waals surface area contributed by atoms with E-state index in [-0.39, 0.29) is 38.0 Å². The molecule has 0 aromatic heterocycles. The van der Waals surface area contributed by atoms with E-state index in [9.17, 15) is 34.2 Å². The first-order valence-corrected chi connectivity index (χ1v) is 17.2. The highest BCUT2D eigenvalue weighted by atomic mass is 16.4. The molecule has 0 spiro atoms. The second kappa shape index (κ2) is 26.3. The van der Waals surface area contributed by atoms with E-state index in [0.717, 1.165) is 65.4 Å². The van der Waals surface area contributed by atoms with E-state index >= 15 is 0 Å². The number of nitrogens with one attached hydrogen (secondary N) is 1. The topological polar surface area (TPSA) is 178 Å². The van der Waals surface area contributed by atoms with Crippen molar-refractivity contribution >= 4 is 30.0 Å². The molecule has 2 amide bonds. The van der Waals surface area contributed by atoms with Crippen molar-refractivity contribution < 1.29 is 39.3 Å². The molecule has 2 rings (SSSR count). The fourth-order valence-electron chi connectivity index (χ4n) is 5.75. The predicted octanol–water partition coefficient (Wildman–Crippen LogP) is -0.804. The molecular formula is C32H61N7O8. The van der Waals surface area contributed by atoms with Crippen molar-refractivity contribution in [2.24, 2.45) is 0 Å². The lowest BCUT2D eigenvalue weighted by atomic mass is 10.1. The highest BCUT2D eigenvalue weighted by Gasteiger charge is 2.21. The van der Waals surface area contributed by atoms with Gasteiger partial charge in [0.25, 0.3) is 0 Å². The Kier molecular flexibility index (Phi) is 23.7. The molecule has 2 aliphatic rings. The van der Waals surface area contributed by atoms with Crippen LogP contribution in [0.25, 0.3) is 0 Å². The van der Waals surface area contributed by atoms with Crippen molar-refractivity contribution in [2.75, 3.05) is 125 Å². The summed E-state index contributed by atoms with van der Waals surface area (Å²) in [7, 11) is 1.00. The molecule has 4 N–H and O–H groups in total. The van der Waals surface area contributed by atoms with Crippen LogP contribution in [0.4, 0.5) is 0 Å². The third-order valence-corrected chi connectivity index (χ3v) is 8.54. The van der Waals surface area contributed by atoms with Gasteiger partial charge in [0.15, 0.2) is 0 Å². The molecule has 2 saturated heterocycles. The summed E-state index contributed by atoms with van der Waals surface area (Å²) in [5.74, 6) is -1.80. The molecule has 0 unspecified atom stereocenters. The minimum Gasteiger partial charge on any atom is -0.480 e. The molecule has 2 fully saturated rings. The molecule has 2 aliphatic heterocycles. The molecule has 0 aromatic carbocycles. The van der Waals surface area contributed by atoms with Gasteiger partial charge in [-0.1, -0.05) is 26.2 Å². The summed E-state index contributed by atoms with van der Waals surface area (Å²) >= 11 is 0. The van der Waals surface area contributed by atoms with E-state index in [1.165, 1.54) is 19.3 Å². The maximum absolute atomic E-state index is 12.8. The van der Waals surface area contributed by atoms with Gasteiger partial charge in [-0.3, -0.25) is 43.7 Å². The largest absolute Gasteiger partial charge is 0.480 e. The number of carbonyl (C=O) groups is 5. The summed E-state index contributed by atoms with van der Waals surface area (Å²) in [6.07, 6.45) is 7.44. The minimum atomic E-state index is -0.942. The molecule has 0 atom stereocenters. The van der Waals surface area contributed by atoms with E-state index < -0.39 is 11.9 Å². The van der Waals surface area contributed by atoms with Gasteiger partial charge in [0.1, 0.15) is 6.29 Å². The van der Waals surface area contributed by atoms with E-state index in [1.54, 1.807) is 9.80 Å². The third kappa shape index (κ3) is 20.3. The second-order valence-electron chi connectivity index (χ2n) is 12.2.